The van der Waals surface area contributed by atoms with Gasteiger partial charge in [-0.1, -0.05) is 54.6 Å². The molecule has 0 bridgehead atoms. The third-order valence-corrected chi connectivity index (χ3v) is 3.90. The Labute approximate surface area is 148 Å². The molecule has 1 amide bonds. The van der Waals surface area contributed by atoms with Crippen molar-refractivity contribution in [1.82, 2.24) is 0 Å². The zero-order chi connectivity index (χ0) is 17.5. The van der Waals surface area contributed by atoms with E-state index < -0.39 is 0 Å². The predicted octanol–water partition coefficient (Wildman–Crippen LogP) is 4.87. The van der Waals surface area contributed by atoms with E-state index in [1.54, 1.807) is 6.07 Å². The third kappa shape index (κ3) is 4.70. The van der Waals surface area contributed by atoms with Gasteiger partial charge >= 0.3 is 0 Å². The second kappa shape index (κ2) is 8.15. The van der Waals surface area contributed by atoms with Gasteiger partial charge in [-0.25, -0.2) is 0 Å². The number of nitrogens with one attached hydrogen (secondary N) is 1. The quantitative estimate of drug-likeness (QED) is 0.700. The van der Waals surface area contributed by atoms with Crippen molar-refractivity contribution in [2.24, 2.45) is 0 Å². The second-order valence-corrected chi connectivity index (χ2v) is 5.90. The molecule has 0 saturated heterocycles. The summed E-state index contributed by atoms with van der Waals surface area (Å²) in [5, 5.41) is 2.93. The Balaban J connectivity index is 1.66. The first-order valence-corrected chi connectivity index (χ1v) is 8.36. The van der Waals surface area contributed by atoms with E-state index in [4.69, 9.17) is 4.74 Å². The van der Waals surface area contributed by atoms with Gasteiger partial charge in [0.15, 0.2) is 0 Å². The summed E-state index contributed by atoms with van der Waals surface area (Å²) in [7, 11) is 0. The summed E-state index contributed by atoms with van der Waals surface area (Å²) in [6, 6.07) is 25.2. The maximum absolute atomic E-state index is 12.6. The molecule has 0 saturated carbocycles. The van der Waals surface area contributed by atoms with Gasteiger partial charge in [0.25, 0.3) is 5.91 Å². The fourth-order valence-electron chi connectivity index (χ4n) is 2.62. The van der Waals surface area contributed by atoms with E-state index >= 15 is 0 Å². The molecule has 3 rings (SSSR count). The highest BCUT2D eigenvalue weighted by atomic mass is 16.5. The summed E-state index contributed by atoms with van der Waals surface area (Å²) in [5.41, 5.74) is 3.63. The molecule has 0 aliphatic heterocycles. The Morgan fingerprint density at radius 2 is 1.68 bits per heavy atom. The molecule has 3 aromatic carbocycles. The van der Waals surface area contributed by atoms with Crippen LogP contribution in [0.3, 0.4) is 0 Å². The van der Waals surface area contributed by atoms with Crippen molar-refractivity contribution >= 4 is 11.6 Å². The van der Waals surface area contributed by atoms with Gasteiger partial charge in [0.05, 0.1) is 12.2 Å². The van der Waals surface area contributed by atoms with E-state index in [9.17, 15) is 4.79 Å². The van der Waals surface area contributed by atoms with Gasteiger partial charge in [-0.05, 0) is 42.3 Å². The number of benzene rings is 3. The lowest BCUT2D eigenvalue weighted by molar-refractivity contribution is 0.102. The number of carbonyl (C=O) groups excluding carboxylic acids is 1. The number of aryl methyl sites for hydroxylation is 1. The van der Waals surface area contributed by atoms with E-state index in [1.165, 1.54) is 5.56 Å². The summed E-state index contributed by atoms with van der Waals surface area (Å²) in [6.45, 7) is 2.52. The normalized spacial score (nSPS) is 10.3. The van der Waals surface area contributed by atoms with Gasteiger partial charge in [-0.3, -0.25) is 4.79 Å². The molecule has 0 heterocycles. The number of carbonyl (C=O) groups is 1. The van der Waals surface area contributed by atoms with E-state index in [-0.39, 0.29) is 5.91 Å². The first-order chi connectivity index (χ1) is 12.2. The van der Waals surface area contributed by atoms with Gasteiger partial charge < -0.3 is 10.1 Å². The van der Waals surface area contributed by atoms with Crippen molar-refractivity contribution in [2.75, 3.05) is 11.9 Å². The number of amides is 1. The number of rotatable bonds is 6. The summed E-state index contributed by atoms with van der Waals surface area (Å²) >= 11 is 0. The first-order valence-electron chi connectivity index (χ1n) is 8.36. The van der Waals surface area contributed by atoms with Crippen molar-refractivity contribution in [1.29, 1.82) is 0 Å². The Hall–Kier alpha value is -3.07. The average Bonchev–Trinajstić information content (AvgIpc) is 2.63. The zero-order valence-corrected chi connectivity index (χ0v) is 14.2. The molecule has 25 heavy (non-hydrogen) atoms. The lowest BCUT2D eigenvalue weighted by atomic mass is 10.1. The van der Waals surface area contributed by atoms with Crippen molar-refractivity contribution in [2.45, 2.75) is 13.3 Å². The van der Waals surface area contributed by atoms with Crippen molar-refractivity contribution in [3.63, 3.8) is 0 Å². The molecule has 0 radical (unpaired) electrons. The highest BCUT2D eigenvalue weighted by Crippen LogP contribution is 2.20. The maximum Gasteiger partial charge on any atom is 0.259 e. The summed E-state index contributed by atoms with van der Waals surface area (Å²) < 4.78 is 5.86. The van der Waals surface area contributed by atoms with Crippen LogP contribution >= 0.6 is 0 Å². The molecular weight excluding hydrogens is 310 g/mol. The lowest BCUT2D eigenvalue weighted by Crippen LogP contribution is -2.14. The molecule has 0 aliphatic carbocycles. The van der Waals surface area contributed by atoms with Gasteiger partial charge in [0, 0.05) is 12.1 Å². The molecule has 0 spiro atoms. The summed E-state index contributed by atoms with van der Waals surface area (Å²) in [5.74, 6) is 0.435. The van der Waals surface area contributed by atoms with E-state index in [1.807, 2.05) is 67.6 Å². The second-order valence-electron chi connectivity index (χ2n) is 5.90. The van der Waals surface area contributed by atoms with Gasteiger partial charge in [0.2, 0.25) is 0 Å². The molecule has 0 atom stereocenters. The molecule has 0 aromatic heterocycles. The highest BCUT2D eigenvalue weighted by Gasteiger charge is 2.12. The van der Waals surface area contributed by atoms with Crippen molar-refractivity contribution in [3.8, 4) is 5.75 Å². The van der Waals surface area contributed by atoms with Gasteiger partial charge in [-0.2, -0.15) is 0 Å². The minimum absolute atomic E-state index is 0.166. The van der Waals surface area contributed by atoms with Gasteiger partial charge in [-0.15, -0.1) is 0 Å². The Morgan fingerprint density at radius 3 is 2.48 bits per heavy atom. The number of hydrogen-bond acceptors (Lipinski definition) is 2. The molecule has 0 fully saturated rings. The van der Waals surface area contributed by atoms with Crippen LogP contribution in [0.1, 0.15) is 21.5 Å². The predicted molar refractivity (Wildman–Crippen MR) is 101 cm³/mol. The van der Waals surface area contributed by atoms with Crippen molar-refractivity contribution in [3.05, 3.63) is 95.6 Å². The first kappa shape index (κ1) is 16.8. The molecule has 3 nitrogen and oxygen atoms in total. The minimum Gasteiger partial charge on any atom is -0.492 e. The Kier molecular flexibility index (Phi) is 5.47. The Bertz CT molecular complexity index is 843. The molecular formula is C22H21NO2. The standard InChI is InChI=1S/C22H21NO2/c1-17-8-7-11-19(16-17)23-22(24)20-12-5-6-13-21(20)25-15-14-18-9-3-2-4-10-18/h2-13,16H,14-15H2,1H3,(H,23,24). The van der Waals surface area contributed by atoms with Crippen LogP contribution in [0.25, 0.3) is 0 Å². The topological polar surface area (TPSA) is 38.3 Å². The Morgan fingerprint density at radius 1 is 0.920 bits per heavy atom. The van der Waals surface area contributed by atoms with Crippen LogP contribution in [0.2, 0.25) is 0 Å². The van der Waals surface area contributed by atoms with E-state index in [0.29, 0.717) is 17.9 Å². The fourth-order valence-corrected chi connectivity index (χ4v) is 2.62. The van der Waals surface area contributed by atoms with Gasteiger partial charge in [0.1, 0.15) is 5.75 Å². The number of hydrogen-bond donors (Lipinski definition) is 1. The monoisotopic (exact) mass is 331 g/mol. The fraction of sp³-hybridized carbons (Fsp3) is 0.136. The molecule has 126 valence electrons. The van der Waals surface area contributed by atoms with Crippen LogP contribution in [0.15, 0.2) is 78.9 Å². The molecule has 0 aliphatic rings. The SMILES string of the molecule is Cc1cccc(NC(=O)c2ccccc2OCCc2ccccc2)c1. The van der Waals surface area contributed by atoms with Crippen molar-refractivity contribution < 1.29 is 9.53 Å². The number of para-hydroxylation sites is 1. The molecule has 3 aromatic rings. The third-order valence-electron chi connectivity index (χ3n) is 3.90. The number of anilines is 1. The largest absolute Gasteiger partial charge is 0.492 e. The van der Waals surface area contributed by atoms with Crippen LogP contribution in [0.4, 0.5) is 5.69 Å². The number of ether oxygens (including phenoxy) is 1. The van der Waals surface area contributed by atoms with Crippen LogP contribution < -0.4 is 10.1 Å². The zero-order valence-electron chi connectivity index (χ0n) is 14.2. The van der Waals surface area contributed by atoms with E-state index in [2.05, 4.69) is 17.4 Å². The molecule has 1 N–H and O–H groups in total. The molecule has 0 unspecified atom stereocenters. The van der Waals surface area contributed by atoms with E-state index in [0.717, 1.165) is 17.7 Å². The maximum atomic E-state index is 12.6. The summed E-state index contributed by atoms with van der Waals surface area (Å²) in [4.78, 5) is 12.6. The van der Waals surface area contributed by atoms with Crippen LogP contribution in [-0.2, 0) is 6.42 Å². The highest BCUT2D eigenvalue weighted by molar-refractivity contribution is 6.06. The average molecular weight is 331 g/mol. The van der Waals surface area contributed by atoms with Crippen LogP contribution in [0, 0.1) is 6.92 Å². The summed E-state index contributed by atoms with van der Waals surface area (Å²) in [6.07, 6.45) is 0.800. The lowest BCUT2D eigenvalue weighted by Gasteiger charge is -2.12. The van der Waals surface area contributed by atoms with Crippen LogP contribution in [0.5, 0.6) is 5.75 Å². The smallest absolute Gasteiger partial charge is 0.259 e. The molecule has 3 heteroatoms. The minimum atomic E-state index is -0.166. The van der Waals surface area contributed by atoms with Crippen LogP contribution in [-0.4, -0.2) is 12.5 Å².